The summed E-state index contributed by atoms with van der Waals surface area (Å²) in [4.78, 5) is 0. The topological polar surface area (TPSA) is 4.93 Å². The van der Waals surface area contributed by atoms with E-state index in [1.165, 1.54) is 33.3 Å². The highest BCUT2D eigenvalue weighted by atomic mass is 15.0. The lowest BCUT2D eigenvalue weighted by Crippen LogP contribution is -1.96. The number of aromatic nitrogens is 1. The Labute approximate surface area is 132 Å². The largest absolute Gasteiger partial charge is 0.309 e. The van der Waals surface area contributed by atoms with Crippen LogP contribution in [0.1, 0.15) is 30.7 Å². The summed E-state index contributed by atoms with van der Waals surface area (Å²) in [5, 5.41) is 1.28. The molecule has 0 aliphatic heterocycles. The van der Waals surface area contributed by atoms with Gasteiger partial charge < -0.3 is 4.57 Å². The van der Waals surface area contributed by atoms with Crippen LogP contribution in [0.25, 0.3) is 28.7 Å². The Morgan fingerprint density at radius 3 is 2.41 bits per heavy atom. The third kappa shape index (κ3) is 2.39. The number of para-hydroxylation sites is 1. The fourth-order valence-corrected chi connectivity index (χ4v) is 2.95. The van der Waals surface area contributed by atoms with E-state index < -0.39 is 0 Å². The van der Waals surface area contributed by atoms with Crippen LogP contribution in [0.2, 0.25) is 0 Å². The van der Waals surface area contributed by atoms with Gasteiger partial charge in [0, 0.05) is 16.6 Å². The Morgan fingerprint density at radius 1 is 1.05 bits per heavy atom. The van der Waals surface area contributed by atoms with Crippen LogP contribution in [-0.2, 0) is 0 Å². The zero-order valence-electron chi connectivity index (χ0n) is 13.4. The first kappa shape index (κ1) is 14.4. The van der Waals surface area contributed by atoms with E-state index in [1.807, 2.05) is 12.1 Å². The molecule has 0 N–H and O–H groups in total. The maximum absolute atomic E-state index is 4.05. The number of benzene rings is 2. The monoisotopic (exact) mass is 287 g/mol. The third-order valence-electron chi connectivity index (χ3n) is 3.84. The second-order valence-electron chi connectivity index (χ2n) is 5.92. The molecule has 0 radical (unpaired) electrons. The predicted molar refractivity (Wildman–Crippen MR) is 97.4 cm³/mol. The highest BCUT2D eigenvalue weighted by Gasteiger charge is 2.14. The van der Waals surface area contributed by atoms with Gasteiger partial charge in [-0.15, -0.1) is 0 Å². The summed E-state index contributed by atoms with van der Waals surface area (Å²) in [5.74, 6) is 0. The Kier molecular flexibility index (Phi) is 3.72. The molecule has 1 aromatic heterocycles. The molecule has 1 heteroatoms. The standard InChI is InChI=1S/C21H21N/c1-5-20-18(13-15(2)3)19-14-16(4)11-12-21(19)22(20)17-9-7-6-8-10-17/h5-14H,1H2,2-4H3. The summed E-state index contributed by atoms with van der Waals surface area (Å²) in [5.41, 5.74) is 7.35. The first-order valence-electron chi connectivity index (χ1n) is 7.59. The average molecular weight is 287 g/mol. The minimum atomic E-state index is 1.15. The van der Waals surface area contributed by atoms with E-state index in [1.54, 1.807) is 0 Å². The van der Waals surface area contributed by atoms with Gasteiger partial charge in [-0.3, -0.25) is 0 Å². The number of rotatable bonds is 3. The molecule has 2 aromatic carbocycles. The van der Waals surface area contributed by atoms with Gasteiger partial charge in [0.25, 0.3) is 0 Å². The minimum Gasteiger partial charge on any atom is -0.309 e. The van der Waals surface area contributed by atoms with Crippen molar-refractivity contribution in [2.45, 2.75) is 20.8 Å². The number of allylic oxidation sites excluding steroid dienone is 1. The quantitative estimate of drug-likeness (QED) is 0.556. The van der Waals surface area contributed by atoms with Gasteiger partial charge >= 0.3 is 0 Å². The van der Waals surface area contributed by atoms with Crippen LogP contribution in [0, 0.1) is 6.92 Å². The Hall–Kier alpha value is -2.54. The third-order valence-corrected chi connectivity index (χ3v) is 3.84. The van der Waals surface area contributed by atoms with Crippen molar-refractivity contribution in [2.24, 2.45) is 0 Å². The Balaban J connectivity index is 2.46. The summed E-state index contributed by atoms with van der Waals surface area (Å²) in [6.45, 7) is 10.5. The van der Waals surface area contributed by atoms with Gasteiger partial charge in [0.2, 0.25) is 0 Å². The van der Waals surface area contributed by atoms with E-state index in [-0.39, 0.29) is 0 Å². The van der Waals surface area contributed by atoms with Gasteiger partial charge in [0.15, 0.2) is 0 Å². The van der Waals surface area contributed by atoms with Gasteiger partial charge in [-0.2, -0.15) is 0 Å². The number of aryl methyl sites for hydroxylation is 1. The van der Waals surface area contributed by atoms with Crippen molar-refractivity contribution in [1.29, 1.82) is 0 Å². The second kappa shape index (κ2) is 5.69. The molecular weight excluding hydrogens is 266 g/mol. The van der Waals surface area contributed by atoms with Crippen molar-refractivity contribution in [3.05, 3.63) is 77.5 Å². The van der Waals surface area contributed by atoms with Gasteiger partial charge in [-0.05, 0) is 51.1 Å². The molecule has 0 aliphatic rings. The lowest BCUT2D eigenvalue weighted by Gasteiger charge is -2.08. The van der Waals surface area contributed by atoms with Crippen LogP contribution < -0.4 is 0 Å². The van der Waals surface area contributed by atoms with Crippen molar-refractivity contribution in [3.63, 3.8) is 0 Å². The predicted octanol–water partition coefficient (Wildman–Crippen LogP) is 6.01. The summed E-state index contributed by atoms with van der Waals surface area (Å²) in [7, 11) is 0. The molecule has 1 heterocycles. The minimum absolute atomic E-state index is 1.15. The van der Waals surface area contributed by atoms with E-state index in [4.69, 9.17) is 0 Å². The van der Waals surface area contributed by atoms with Crippen LogP contribution in [0.4, 0.5) is 0 Å². The van der Waals surface area contributed by atoms with Crippen LogP contribution in [0.3, 0.4) is 0 Å². The normalized spacial score (nSPS) is 10.7. The molecule has 110 valence electrons. The summed E-state index contributed by atoms with van der Waals surface area (Å²) < 4.78 is 2.29. The summed E-state index contributed by atoms with van der Waals surface area (Å²) in [6, 6.07) is 17.1. The highest BCUT2D eigenvalue weighted by molar-refractivity contribution is 5.96. The summed E-state index contributed by atoms with van der Waals surface area (Å²) in [6.07, 6.45) is 4.20. The molecule has 0 amide bonds. The molecule has 22 heavy (non-hydrogen) atoms. The molecule has 0 fully saturated rings. The molecule has 3 rings (SSSR count). The molecule has 0 spiro atoms. The van der Waals surface area contributed by atoms with Crippen molar-refractivity contribution < 1.29 is 0 Å². The van der Waals surface area contributed by atoms with Gasteiger partial charge in [0.05, 0.1) is 11.2 Å². The van der Waals surface area contributed by atoms with Crippen LogP contribution >= 0.6 is 0 Å². The lowest BCUT2D eigenvalue weighted by atomic mass is 10.1. The molecule has 0 atom stereocenters. The maximum Gasteiger partial charge on any atom is 0.0541 e. The number of nitrogens with zero attached hydrogens (tertiary/aromatic N) is 1. The molecule has 0 saturated heterocycles. The molecule has 3 aromatic rings. The summed E-state index contributed by atoms with van der Waals surface area (Å²) >= 11 is 0. The first-order chi connectivity index (χ1) is 10.6. The maximum atomic E-state index is 4.05. The molecule has 1 nitrogen and oxygen atoms in total. The lowest BCUT2D eigenvalue weighted by molar-refractivity contribution is 1.10. The zero-order valence-corrected chi connectivity index (χ0v) is 13.4. The highest BCUT2D eigenvalue weighted by Crippen LogP contribution is 2.32. The molecule has 0 unspecified atom stereocenters. The molecule has 0 bridgehead atoms. The van der Waals surface area contributed by atoms with Crippen molar-refractivity contribution in [2.75, 3.05) is 0 Å². The van der Waals surface area contributed by atoms with E-state index in [0.29, 0.717) is 0 Å². The fourth-order valence-electron chi connectivity index (χ4n) is 2.95. The van der Waals surface area contributed by atoms with Crippen LogP contribution in [0.5, 0.6) is 0 Å². The molecular formula is C21H21N. The SMILES string of the molecule is C=Cc1c(C=C(C)C)c2cc(C)ccc2n1-c1ccccc1. The van der Waals surface area contributed by atoms with Crippen molar-refractivity contribution in [3.8, 4) is 5.69 Å². The van der Waals surface area contributed by atoms with E-state index in [0.717, 1.165) is 5.69 Å². The van der Waals surface area contributed by atoms with E-state index in [9.17, 15) is 0 Å². The van der Waals surface area contributed by atoms with Gasteiger partial charge in [-0.25, -0.2) is 0 Å². The van der Waals surface area contributed by atoms with E-state index >= 15 is 0 Å². The van der Waals surface area contributed by atoms with Gasteiger partial charge in [-0.1, -0.05) is 48.1 Å². The number of fused-ring (bicyclic) bond motifs is 1. The fraction of sp³-hybridized carbons (Fsp3) is 0.143. The van der Waals surface area contributed by atoms with Crippen molar-refractivity contribution in [1.82, 2.24) is 4.57 Å². The Bertz CT molecular complexity index is 860. The number of hydrogen-bond donors (Lipinski definition) is 0. The molecule has 0 aliphatic carbocycles. The van der Waals surface area contributed by atoms with Gasteiger partial charge in [0.1, 0.15) is 0 Å². The Morgan fingerprint density at radius 2 is 1.77 bits per heavy atom. The average Bonchev–Trinajstić information content (AvgIpc) is 2.80. The van der Waals surface area contributed by atoms with Crippen molar-refractivity contribution >= 4 is 23.1 Å². The second-order valence-corrected chi connectivity index (χ2v) is 5.92. The van der Waals surface area contributed by atoms with Crippen LogP contribution in [-0.4, -0.2) is 4.57 Å². The first-order valence-corrected chi connectivity index (χ1v) is 7.59. The number of hydrogen-bond acceptors (Lipinski definition) is 0. The smallest absolute Gasteiger partial charge is 0.0541 e. The zero-order chi connectivity index (χ0) is 15.7. The van der Waals surface area contributed by atoms with E-state index in [2.05, 4.69) is 80.5 Å². The molecule has 0 saturated carbocycles. The van der Waals surface area contributed by atoms with Crippen LogP contribution in [0.15, 0.2) is 60.7 Å².